The molecule has 1 aliphatic carbocycles. The van der Waals surface area contributed by atoms with E-state index in [0.717, 1.165) is 52.6 Å². The summed E-state index contributed by atoms with van der Waals surface area (Å²) in [5.41, 5.74) is 4.25. The third-order valence-electron chi connectivity index (χ3n) is 6.50. The molecule has 0 unspecified atom stereocenters. The van der Waals surface area contributed by atoms with Crippen LogP contribution in [0.5, 0.6) is 0 Å². The number of hydrogen-bond donors (Lipinski definition) is 2. The van der Waals surface area contributed by atoms with Gasteiger partial charge in [-0.3, -0.25) is 9.52 Å². The van der Waals surface area contributed by atoms with E-state index in [-0.39, 0.29) is 10.8 Å². The minimum Gasteiger partial charge on any atom is -0.322 e. The van der Waals surface area contributed by atoms with Gasteiger partial charge in [0.2, 0.25) is 0 Å². The normalized spacial score (nSPS) is 13.5. The summed E-state index contributed by atoms with van der Waals surface area (Å²) in [6.45, 7) is 4.01. The zero-order chi connectivity index (χ0) is 24.7. The number of thiophene rings is 1. The predicted octanol–water partition coefficient (Wildman–Crippen LogP) is 7.10. The van der Waals surface area contributed by atoms with Crippen LogP contribution in [-0.4, -0.2) is 14.3 Å². The smallest absolute Gasteiger partial charge is 0.263 e. The molecule has 4 aromatic rings. The van der Waals surface area contributed by atoms with E-state index < -0.39 is 10.0 Å². The molecule has 3 aromatic carbocycles. The molecule has 5 nitrogen and oxygen atoms in total. The van der Waals surface area contributed by atoms with Crippen LogP contribution in [0.1, 0.15) is 44.8 Å². The molecule has 1 aliphatic rings. The van der Waals surface area contributed by atoms with Crippen molar-refractivity contribution in [3.63, 3.8) is 0 Å². The number of nitrogens with one attached hydrogen (secondary N) is 2. The Morgan fingerprint density at radius 3 is 2.49 bits per heavy atom. The fourth-order valence-corrected chi connectivity index (χ4v) is 7.74. The van der Waals surface area contributed by atoms with E-state index in [1.165, 1.54) is 11.3 Å². The van der Waals surface area contributed by atoms with E-state index in [2.05, 4.69) is 10.0 Å². The predicted molar refractivity (Wildman–Crippen MR) is 145 cm³/mol. The van der Waals surface area contributed by atoms with Crippen molar-refractivity contribution < 1.29 is 13.2 Å². The van der Waals surface area contributed by atoms with Gasteiger partial charge in [-0.05, 0) is 85.9 Å². The standard InChI is InChI=1S/C27H25ClN2O3S2/c1-16-13-14-19(15-17(16)2)29-26(31)25-20-9-3-4-11-22(20)34-27(25)30-35(32,33)23-12-6-8-18-7-5-10-21(28)24(18)23/h5-8,10,12-15,30H,3-4,9,11H2,1-2H3,(H,29,31). The molecular formula is C27H25ClN2O3S2. The van der Waals surface area contributed by atoms with Crippen molar-refractivity contribution in [2.45, 2.75) is 44.4 Å². The third-order valence-corrected chi connectivity index (χ3v) is 9.54. The van der Waals surface area contributed by atoms with Crippen LogP contribution in [0.4, 0.5) is 10.7 Å². The Labute approximate surface area is 214 Å². The zero-order valence-corrected chi connectivity index (χ0v) is 21.8. The Balaban J connectivity index is 1.56. The molecule has 0 saturated carbocycles. The fourth-order valence-electron chi connectivity index (χ4n) is 4.55. The zero-order valence-electron chi connectivity index (χ0n) is 19.4. The molecule has 0 bridgehead atoms. The van der Waals surface area contributed by atoms with E-state index in [4.69, 9.17) is 11.6 Å². The van der Waals surface area contributed by atoms with Crippen LogP contribution in [0, 0.1) is 13.8 Å². The molecule has 5 rings (SSSR count). The van der Waals surface area contributed by atoms with Crippen LogP contribution in [0.3, 0.4) is 0 Å². The number of halogens is 1. The highest BCUT2D eigenvalue weighted by molar-refractivity contribution is 7.93. The Morgan fingerprint density at radius 2 is 1.71 bits per heavy atom. The maximum absolute atomic E-state index is 13.6. The van der Waals surface area contributed by atoms with Crippen LogP contribution in [0.25, 0.3) is 10.8 Å². The maximum Gasteiger partial charge on any atom is 0.263 e. The number of fused-ring (bicyclic) bond motifs is 2. The molecule has 0 spiro atoms. The van der Waals surface area contributed by atoms with Gasteiger partial charge in [0.05, 0.1) is 10.5 Å². The summed E-state index contributed by atoms with van der Waals surface area (Å²) in [6.07, 6.45) is 3.59. The van der Waals surface area contributed by atoms with Crippen LogP contribution in [0.15, 0.2) is 59.5 Å². The number of rotatable bonds is 5. The molecular weight excluding hydrogens is 500 g/mol. The first kappa shape index (κ1) is 23.9. The van der Waals surface area contributed by atoms with E-state index in [1.807, 2.05) is 44.2 Å². The molecule has 35 heavy (non-hydrogen) atoms. The van der Waals surface area contributed by atoms with E-state index >= 15 is 0 Å². The molecule has 1 aromatic heterocycles. The van der Waals surface area contributed by atoms with Crippen molar-refractivity contribution in [2.24, 2.45) is 0 Å². The van der Waals surface area contributed by atoms with Gasteiger partial charge in [0, 0.05) is 21.0 Å². The van der Waals surface area contributed by atoms with Gasteiger partial charge in [-0.15, -0.1) is 11.3 Å². The van der Waals surface area contributed by atoms with Gasteiger partial charge in [0.1, 0.15) is 5.00 Å². The Morgan fingerprint density at radius 1 is 0.971 bits per heavy atom. The number of sulfonamides is 1. The lowest BCUT2D eigenvalue weighted by atomic mass is 9.95. The van der Waals surface area contributed by atoms with Gasteiger partial charge >= 0.3 is 0 Å². The summed E-state index contributed by atoms with van der Waals surface area (Å²) < 4.78 is 29.9. The lowest BCUT2D eigenvalue weighted by Crippen LogP contribution is -2.19. The third kappa shape index (κ3) is 4.56. The number of amides is 1. The Hall–Kier alpha value is -2.87. The molecule has 0 aliphatic heterocycles. The number of carbonyl (C=O) groups is 1. The van der Waals surface area contributed by atoms with Crippen LogP contribution < -0.4 is 10.0 Å². The Kier molecular flexibility index (Phi) is 6.34. The SMILES string of the molecule is Cc1ccc(NC(=O)c2c(NS(=O)(=O)c3cccc4cccc(Cl)c34)sc3c2CCCC3)cc1C. The van der Waals surface area contributed by atoms with Crippen molar-refractivity contribution in [3.05, 3.63) is 86.8 Å². The lowest BCUT2D eigenvalue weighted by molar-refractivity contribution is 0.102. The van der Waals surface area contributed by atoms with Gasteiger partial charge in [0.25, 0.3) is 15.9 Å². The molecule has 0 radical (unpaired) electrons. The number of hydrogen-bond acceptors (Lipinski definition) is 4. The molecule has 180 valence electrons. The first-order chi connectivity index (χ1) is 16.7. The summed E-state index contributed by atoms with van der Waals surface area (Å²) in [5, 5.41) is 4.89. The second kappa shape index (κ2) is 9.30. The minimum atomic E-state index is -4.01. The summed E-state index contributed by atoms with van der Waals surface area (Å²) in [6, 6.07) is 16.1. The average molecular weight is 525 g/mol. The van der Waals surface area contributed by atoms with E-state index in [1.54, 1.807) is 24.3 Å². The number of anilines is 2. The highest BCUT2D eigenvalue weighted by Crippen LogP contribution is 2.40. The second-order valence-electron chi connectivity index (χ2n) is 8.87. The van der Waals surface area contributed by atoms with Gasteiger partial charge in [0.15, 0.2) is 0 Å². The number of carbonyl (C=O) groups excluding carboxylic acids is 1. The lowest BCUT2D eigenvalue weighted by Gasteiger charge is -2.15. The first-order valence-corrected chi connectivity index (χ1v) is 14.2. The van der Waals surface area contributed by atoms with Gasteiger partial charge in [-0.25, -0.2) is 8.42 Å². The molecule has 8 heteroatoms. The molecule has 2 N–H and O–H groups in total. The molecule has 0 saturated heterocycles. The highest BCUT2D eigenvalue weighted by Gasteiger charge is 2.29. The molecule has 0 atom stereocenters. The van der Waals surface area contributed by atoms with Crippen molar-refractivity contribution in [1.29, 1.82) is 0 Å². The topological polar surface area (TPSA) is 75.3 Å². The van der Waals surface area contributed by atoms with Gasteiger partial charge in [-0.1, -0.05) is 41.9 Å². The summed E-state index contributed by atoms with van der Waals surface area (Å²) in [7, 11) is -4.01. The van der Waals surface area contributed by atoms with Crippen molar-refractivity contribution >= 4 is 60.3 Å². The fraction of sp³-hybridized carbons (Fsp3) is 0.222. The summed E-state index contributed by atoms with van der Waals surface area (Å²) in [5.74, 6) is -0.304. The molecule has 1 amide bonds. The van der Waals surface area contributed by atoms with Gasteiger partial charge < -0.3 is 5.32 Å². The largest absolute Gasteiger partial charge is 0.322 e. The van der Waals surface area contributed by atoms with E-state index in [0.29, 0.717) is 26.7 Å². The second-order valence-corrected chi connectivity index (χ2v) is 12.0. The average Bonchev–Trinajstić information content (AvgIpc) is 3.18. The van der Waals surface area contributed by atoms with Crippen molar-refractivity contribution in [3.8, 4) is 0 Å². The van der Waals surface area contributed by atoms with Crippen LogP contribution >= 0.6 is 22.9 Å². The van der Waals surface area contributed by atoms with E-state index in [9.17, 15) is 13.2 Å². The monoisotopic (exact) mass is 524 g/mol. The first-order valence-electron chi connectivity index (χ1n) is 11.5. The molecule has 0 fully saturated rings. The Bertz CT molecular complexity index is 1570. The quantitative estimate of drug-likeness (QED) is 0.292. The number of benzene rings is 3. The summed E-state index contributed by atoms with van der Waals surface area (Å²) in [4.78, 5) is 14.6. The van der Waals surface area contributed by atoms with Crippen molar-refractivity contribution in [2.75, 3.05) is 10.0 Å². The maximum atomic E-state index is 13.6. The summed E-state index contributed by atoms with van der Waals surface area (Å²) >= 11 is 7.75. The molecule has 1 heterocycles. The number of aryl methyl sites for hydroxylation is 3. The van der Waals surface area contributed by atoms with Gasteiger partial charge in [-0.2, -0.15) is 0 Å². The van der Waals surface area contributed by atoms with Crippen LogP contribution in [0.2, 0.25) is 5.02 Å². The highest BCUT2D eigenvalue weighted by atomic mass is 35.5. The minimum absolute atomic E-state index is 0.0903. The van der Waals surface area contributed by atoms with Crippen molar-refractivity contribution in [1.82, 2.24) is 0 Å². The van der Waals surface area contributed by atoms with Crippen LogP contribution in [-0.2, 0) is 22.9 Å².